The van der Waals surface area contributed by atoms with E-state index in [1.165, 1.54) is 0 Å². The van der Waals surface area contributed by atoms with Crippen LogP contribution in [0.1, 0.15) is 24.8 Å². The Morgan fingerprint density at radius 3 is 2.58 bits per heavy atom. The summed E-state index contributed by atoms with van der Waals surface area (Å²) in [5.74, 6) is 0.330. The fourth-order valence-electron chi connectivity index (χ4n) is 6.12. The number of hydrogen-bond donors (Lipinski definition) is 1. The second kappa shape index (κ2) is 11.4. The highest BCUT2D eigenvalue weighted by molar-refractivity contribution is 7.92. The number of anilines is 2. The minimum Gasteiger partial charge on any atom is -0.476 e. The van der Waals surface area contributed by atoms with Crippen LogP contribution in [0.15, 0.2) is 88.5 Å². The number of benzene rings is 2. The number of fused-ring (bicyclic) bond motifs is 4. The molecule has 3 aliphatic rings. The molecule has 45 heavy (non-hydrogen) atoms. The minimum absolute atomic E-state index is 0.119. The number of pyridine rings is 2. The molecule has 2 aromatic heterocycles. The monoisotopic (exact) mass is 622 g/mol. The first kappa shape index (κ1) is 29.1. The topological polar surface area (TPSA) is 117 Å². The van der Waals surface area contributed by atoms with E-state index in [-0.39, 0.29) is 22.4 Å². The summed E-state index contributed by atoms with van der Waals surface area (Å²) in [6.07, 6.45) is 9.75. The molecule has 11 heteroatoms. The van der Waals surface area contributed by atoms with Gasteiger partial charge in [0.05, 0.1) is 47.4 Å². The second-order valence-electron chi connectivity index (χ2n) is 12.0. The number of amides is 1. The van der Waals surface area contributed by atoms with Crippen LogP contribution in [0.5, 0.6) is 5.88 Å². The first-order valence-corrected chi connectivity index (χ1v) is 16.5. The largest absolute Gasteiger partial charge is 0.476 e. The van der Waals surface area contributed by atoms with Crippen molar-refractivity contribution in [3.63, 3.8) is 0 Å². The van der Waals surface area contributed by atoms with Gasteiger partial charge in [-0.25, -0.2) is 13.4 Å². The zero-order chi connectivity index (χ0) is 31.2. The molecule has 1 N–H and O–H groups in total. The summed E-state index contributed by atoms with van der Waals surface area (Å²) in [6.45, 7) is 2.33. The molecule has 0 bridgehead atoms. The normalized spacial score (nSPS) is 16.5. The van der Waals surface area contributed by atoms with Crippen molar-refractivity contribution in [2.24, 2.45) is 4.99 Å². The van der Waals surface area contributed by atoms with Crippen molar-refractivity contribution < 1.29 is 17.9 Å². The Hall–Kier alpha value is -4.61. The summed E-state index contributed by atoms with van der Waals surface area (Å²) in [7, 11) is 0.0791. The van der Waals surface area contributed by atoms with Crippen LogP contribution in [0.2, 0.25) is 0 Å². The molecular weight excluding hydrogens is 588 g/mol. The third-order valence-corrected chi connectivity index (χ3v) is 9.93. The lowest BCUT2D eigenvalue weighted by Crippen LogP contribution is -2.33. The number of aromatic nitrogens is 2. The molecule has 2 aromatic carbocycles. The van der Waals surface area contributed by atoms with Crippen LogP contribution in [0, 0.1) is 0 Å². The summed E-state index contributed by atoms with van der Waals surface area (Å²) in [6, 6.07) is 15.9. The molecule has 2 aliphatic heterocycles. The van der Waals surface area contributed by atoms with Crippen molar-refractivity contribution >= 4 is 44.4 Å². The molecule has 1 saturated carbocycles. The van der Waals surface area contributed by atoms with Gasteiger partial charge in [-0.2, -0.15) is 0 Å². The van der Waals surface area contributed by atoms with Crippen molar-refractivity contribution in [2.75, 3.05) is 50.0 Å². The number of carbonyl (C=O) groups excluding carboxylic acids is 1. The van der Waals surface area contributed by atoms with E-state index in [0.29, 0.717) is 25.3 Å². The predicted octanol–water partition coefficient (Wildman–Crippen LogP) is 4.82. The van der Waals surface area contributed by atoms with E-state index >= 15 is 0 Å². The standard InChI is InChI=1S/C34H34N6O4S/c1-39(2)15-6-16-44-32-29(38-45(42,43)26-7-4-3-5-8-26)18-25(20-37-32)24-9-10-28-27(17-24)31-30(21-36-28)40(22-23-11-14-35-19-23)33(41)34(31)12-13-34/h3-5,7-11,17-21,38H,6,12-16,22H2,1-2H3. The van der Waals surface area contributed by atoms with Crippen molar-refractivity contribution in [2.45, 2.75) is 29.6 Å². The molecule has 7 rings (SSSR count). The average molecular weight is 623 g/mol. The first-order chi connectivity index (χ1) is 21.7. The van der Waals surface area contributed by atoms with Gasteiger partial charge in [0, 0.05) is 35.5 Å². The molecule has 4 aromatic rings. The Kier molecular flexibility index (Phi) is 7.37. The van der Waals surface area contributed by atoms with Crippen molar-refractivity contribution in [3.8, 4) is 17.0 Å². The molecule has 1 spiro atoms. The van der Waals surface area contributed by atoms with E-state index in [4.69, 9.17) is 9.72 Å². The lowest BCUT2D eigenvalue weighted by molar-refractivity contribution is -0.120. The van der Waals surface area contributed by atoms with E-state index in [2.05, 4.69) is 19.6 Å². The summed E-state index contributed by atoms with van der Waals surface area (Å²) < 4.78 is 35.3. The smallest absolute Gasteiger partial charge is 0.262 e. The van der Waals surface area contributed by atoms with Gasteiger partial charge in [-0.15, -0.1) is 0 Å². The number of rotatable bonds is 11. The lowest BCUT2D eigenvalue weighted by atomic mass is 9.92. The third kappa shape index (κ3) is 5.46. The van der Waals surface area contributed by atoms with Gasteiger partial charge in [0.15, 0.2) is 0 Å². The van der Waals surface area contributed by atoms with Crippen LogP contribution >= 0.6 is 0 Å². The molecule has 4 heterocycles. The molecule has 10 nitrogen and oxygen atoms in total. The molecule has 0 unspecified atom stereocenters. The fourth-order valence-corrected chi connectivity index (χ4v) is 7.19. The third-order valence-electron chi connectivity index (χ3n) is 8.55. The number of hydrogen-bond acceptors (Lipinski definition) is 8. The fraction of sp³-hybridized carbons (Fsp3) is 0.294. The molecular formula is C34H34N6O4S. The average Bonchev–Trinajstić information content (AvgIpc) is 3.60. The van der Waals surface area contributed by atoms with Crippen molar-refractivity contribution in [3.05, 3.63) is 84.2 Å². The zero-order valence-corrected chi connectivity index (χ0v) is 26.0. The Bertz CT molecular complexity index is 1970. The van der Waals surface area contributed by atoms with Crippen LogP contribution in [-0.4, -0.2) is 75.7 Å². The SMILES string of the molecule is CN(C)CCCOc1ncc(-c2ccc3ncc4c(c3c2)C2(CC2)C(=O)N4CC2=CCN=C2)cc1NS(=O)(=O)c1ccccc1. The quantitative estimate of drug-likeness (QED) is 0.239. The van der Waals surface area contributed by atoms with Gasteiger partial charge in [-0.05, 0) is 74.8 Å². The van der Waals surface area contributed by atoms with Gasteiger partial charge in [0.2, 0.25) is 11.8 Å². The first-order valence-electron chi connectivity index (χ1n) is 15.1. The molecule has 1 fully saturated rings. The Morgan fingerprint density at radius 1 is 1.02 bits per heavy atom. The highest BCUT2D eigenvalue weighted by atomic mass is 32.2. The van der Waals surface area contributed by atoms with Gasteiger partial charge >= 0.3 is 0 Å². The molecule has 230 valence electrons. The summed E-state index contributed by atoms with van der Waals surface area (Å²) in [5, 5.41) is 0.919. The second-order valence-corrected chi connectivity index (χ2v) is 13.7. The molecule has 0 saturated heterocycles. The minimum atomic E-state index is -3.90. The Balaban J connectivity index is 1.27. The number of sulfonamides is 1. The van der Waals surface area contributed by atoms with Gasteiger partial charge in [0.25, 0.3) is 10.0 Å². The number of carbonyl (C=O) groups is 1. The van der Waals surface area contributed by atoms with E-state index in [1.807, 2.05) is 55.7 Å². The van der Waals surface area contributed by atoms with Crippen LogP contribution in [-0.2, 0) is 20.2 Å². The zero-order valence-electron chi connectivity index (χ0n) is 25.2. The summed E-state index contributed by atoms with van der Waals surface area (Å²) >= 11 is 0. The maximum Gasteiger partial charge on any atom is 0.262 e. The van der Waals surface area contributed by atoms with Crippen LogP contribution < -0.4 is 14.4 Å². The van der Waals surface area contributed by atoms with Crippen LogP contribution in [0.4, 0.5) is 11.4 Å². The molecule has 1 aliphatic carbocycles. The molecule has 0 atom stereocenters. The highest BCUT2D eigenvalue weighted by Gasteiger charge is 2.60. The van der Waals surface area contributed by atoms with Crippen LogP contribution in [0.25, 0.3) is 22.0 Å². The number of nitrogens with zero attached hydrogens (tertiary/aromatic N) is 5. The maximum atomic E-state index is 13.7. The van der Waals surface area contributed by atoms with Crippen molar-refractivity contribution in [1.29, 1.82) is 0 Å². The Labute approximate surface area is 262 Å². The predicted molar refractivity (Wildman–Crippen MR) is 176 cm³/mol. The van der Waals surface area contributed by atoms with E-state index in [0.717, 1.165) is 59.1 Å². The van der Waals surface area contributed by atoms with Crippen LogP contribution in [0.3, 0.4) is 0 Å². The number of nitrogens with one attached hydrogen (secondary N) is 1. The van der Waals surface area contributed by atoms with E-state index in [9.17, 15) is 13.2 Å². The lowest BCUT2D eigenvalue weighted by Gasteiger charge is -2.17. The van der Waals surface area contributed by atoms with Gasteiger partial charge in [-0.3, -0.25) is 19.5 Å². The number of aliphatic imine (C=N–C) groups is 1. The number of ether oxygens (including phenoxy) is 1. The molecule has 0 radical (unpaired) electrons. The van der Waals surface area contributed by atoms with Gasteiger partial charge in [0.1, 0.15) is 5.69 Å². The molecule has 1 amide bonds. The van der Waals surface area contributed by atoms with E-state index < -0.39 is 15.4 Å². The van der Waals surface area contributed by atoms with Gasteiger partial charge in [-0.1, -0.05) is 30.3 Å². The highest BCUT2D eigenvalue weighted by Crippen LogP contribution is 2.59. The van der Waals surface area contributed by atoms with Crippen molar-refractivity contribution in [1.82, 2.24) is 14.9 Å². The van der Waals surface area contributed by atoms with Gasteiger partial charge < -0.3 is 14.5 Å². The Morgan fingerprint density at radius 2 is 1.84 bits per heavy atom. The maximum absolute atomic E-state index is 13.7. The summed E-state index contributed by atoms with van der Waals surface area (Å²) in [4.78, 5) is 31.4. The van der Waals surface area contributed by atoms with E-state index in [1.54, 1.807) is 42.6 Å². The summed E-state index contributed by atoms with van der Waals surface area (Å²) in [5.41, 5.74) is 4.97.